The first-order valence-corrected chi connectivity index (χ1v) is 9.76. The van der Waals surface area contributed by atoms with Crippen LogP contribution < -0.4 is 10.5 Å². The first kappa shape index (κ1) is 19.6. The number of benzene rings is 2. The minimum atomic E-state index is -0.213. The lowest BCUT2D eigenvalue weighted by atomic mass is 10.1. The number of carbonyl (C=O) groups is 1. The molecule has 7 heteroatoms. The molecule has 0 atom stereocenters. The number of hydrogen-bond donors (Lipinski definition) is 1. The van der Waals surface area contributed by atoms with Crippen LogP contribution in [-0.4, -0.2) is 29.4 Å². The maximum Gasteiger partial charge on any atom is 0.306 e. The number of anilines is 1. The van der Waals surface area contributed by atoms with Gasteiger partial charge in [0.25, 0.3) is 0 Å². The summed E-state index contributed by atoms with van der Waals surface area (Å²) in [5.41, 5.74) is 10.4. The molecule has 0 aliphatic heterocycles. The summed E-state index contributed by atoms with van der Waals surface area (Å²) < 4.78 is 17.8. The molecule has 0 radical (unpaired) electrons. The average molecular weight is 405 g/mol. The van der Waals surface area contributed by atoms with Crippen LogP contribution in [0.1, 0.15) is 19.0 Å². The largest absolute Gasteiger partial charge is 0.497 e. The second kappa shape index (κ2) is 8.32. The maximum absolute atomic E-state index is 11.9. The molecule has 0 fully saturated rings. The molecule has 154 valence electrons. The summed E-state index contributed by atoms with van der Waals surface area (Å²) in [6.45, 7) is 2.18. The zero-order chi connectivity index (χ0) is 21.1. The van der Waals surface area contributed by atoms with E-state index in [9.17, 15) is 4.79 Å². The van der Waals surface area contributed by atoms with Gasteiger partial charge in [-0.15, -0.1) is 0 Å². The Hall–Kier alpha value is -3.74. The van der Waals surface area contributed by atoms with Gasteiger partial charge in [-0.25, -0.2) is 0 Å². The quantitative estimate of drug-likeness (QED) is 0.459. The van der Waals surface area contributed by atoms with Gasteiger partial charge in [-0.05, 0) is 67.4 Å². The van der Waals surface area contributed by atoms with Crippen LogP contribution in [0.25, 0.3) is 27.9 Å². The van der Waals surface area contributed by atoms with Gasteiger partial charge in [0.1, 0.15) is 5.75 Å². The molecule has 0 unspecified atom stereocenters. The summed E-state index contributed by atoms with van der Waals surface area (Å²) >= 11 is 0. The van der Waals surface area contributed by atoms with E-state index in [1.165, 1.54) is 0 Å². The Morgan fingerprint density at radius 3 is 2.67 bits per heavy atom. The monoisotopic (exact) mass is 405 g/mol. The van der Waals surface area contributed by atoms with Crippen molar-refractivity contribution in [3.63, 3.8) is 0 Å². The highest BCUT2D eigenvalue weighted by Gasteiger charge is 2.16. The predicted octanol–water partition coefficient (Wildman–Crippen LogP) is 4.37. The maximum atomic E-state index is 11.9. The molecule has 2 aromatic heterocycles. The summed E-state index contributed by atoms with van der Waals surface area (Å²) in [6, 6.07) is 17.7. The highest BCUT2D eigenvalue weighted by Crippen LogP contribution is 2.31. The Labute approximate surface area is 174 Å². The minimum Gasteiger partial charge on any atom is -0.497 e. The third-order valence-corrected chi connectivity index (χ3v) is 4.98. The molecule has 2 N–H and O–H groups in total. The molecular formula is C23H23N3O4. The second-order valence-electron chi connectivity index (χ2n) is 6.83. The van der Waals surface area contributed by atoms with Crippen molar-refractivity contribution < 1.29 is 18.8 Å². The summed E-state index contributed by atoms with van der Waals surface area (Å²) in [4.78, 5) is 11.9. The fourth-order valence-corrected chi connectivity index (χ4v) is 3.51. The van der Waals surface area contributed by atoms with Crippen molar-refractivity contribution in [2.75, 3.05) is 19.5 Å². The van der Waals surface area contributed by atoms with E-state index in [0.717, 1.165) is 33.8 Å². The Morgan fingerprint density at radius 2 is 1.93 bits per heavy atom. The number of esters is 1. The lowest BCUT2D eigenvalue weighted by Gasteiger charge is -2.14. The van der Waals surface area contributed by atoms with E-state index >= 15 is 0 Å². The highest BCUT2D eigenvalue weighted by atomic mass is 16.5. The van der Waals surface area contributed by atoms with Crippen LogP contribution in [-0.2, 0) is 16.0 Å². The molecule has 0 aliphatic rings. The number of rotatable bonds is 7. The van der Waals surface area contributed by atoms with Crippen molar-refractivity contribution in [1.82, 2.24) is 9.72 Å². The van der Waals surface area contributed by atoms with Crippen LogP contribution in [0.15, 0.2) is 59.1 Å². The summed E-state index contributed by atoms with van der Waals surface area (Å²) in [7, 11) is 1.64. The van der Waals surface area contributed by atoms with Crippen LogP contribution in [0, 0.1) is 0 Å². The summed E-state index contributed by atoms with van der Waals surface area (Å²) in [5.74, 6) is 0.939. The zero-order valence-corrected chi connectivity index (χ0v) is 16.9. The number of carbonyl (C=O) groups excluding carboxylic acids is 1. The van der Waals surface area contributed by atoms with Gasteiger partial charge in [-0.2, -0.15) is 0 Å². The Balaban J connectivity index is 1.78. The number of methoxy groups -OCH3 is 1. The van der Waals surface area contributed by atoms with Crippen molar-refractivity contribution in [1.29, 1.82) is 0 Å². The van der Waals surface area contributed by atoms with Crippen LogP contribution in [0.3, 0.4) is 0 Å². The number of aryl methyl sites for hydroxylation is 1. The molecule has 0 saturated carbocycles. The van der Waals surface area contributed by atoms with E-state index in [1.807, 2.05) is 54.6 Å². The van der Waals surface area contributed by atoms with Gasteiger partial charge in [0.05, 0.1) is 31.2 Å². The molecule has 30 heavy (non-hydrogen) atoms. The Kier molecular flexibility index (Phi) is 5.43. The lowest BCUT2D eigenvalue weighted by molar-refractivity contribution is -0.143. The standard InChI is InChI=1S/C23H23N3O4/c1-3-29-22(27)13-8-16-7-12-20(15-4-9-18(28-2)10-5-15)26(16)17-6-11-19-21(14-17)30-25-23(19)24/h4-7,9-12,14H,3,8,13H2,1-2H3,(H2,24,25). The Morgan fingerprint density at radius 1 is 1.13 bits per heavy atom. The van der Waals surface area contributed by atoms with Gasteiger partial charge in [-0.1, -0.05) is 5.16 Å². The molecule has 0 aliphatic carbocycles. The number of ether oxygens (including phenoxy) is 2. The van der Waals surface area contributed by atoms with Gasteiger partial charge >= 0.3 is 5.97 Å². The molecule has 0 saturated heterocycles. The van der Waals surface area contributed by atoms with E-state index < -0.39 is 0 Å². The SMILES string of the molecule is CCOC(=O)CCc1ccc(-c2ccc(OC)cc2)n1-c1ccc2c(N)noc2c1. The third kappa shape index (κ3) is 3.74. The zero-order valence-electron chi connectivity index (χ0n) is 16.9. The summed E-state index contributed by atoms with van der Waals surface area (Å²) in [5, 5.41) is 4.61. The fourth-order valence-electron chi connectivity index (χ4n) is 3.51. The van der Waals surface area contributed by atoms with E-state index in [1.54, 1.807) is 14.0 Å². The first-order chi connectivity index (χ1) is 14.6. The molecular weight excluding hydrogens is 382 g/mol. The van der Waals surface area contributed by atoms with E-state index in [0.29, 0.717) is 30.8 Å². The molecule has 0 bridgehead atoms. The predicted molar refractivity (Wildman–Crippen MR) is 115 cm³/mol. The summed E-state index contributed by atoms with van der Waals surface area (Å²) in [6.07, 6.45) is 0.850. The van der Waals surface area contributed by atoms with E-state index in [-0.39, 0.29) is 5.97 Å². The fraction of sp³-hybridized carbons (Fsp3) is 0.217. The number of aromatic nitrogens is 2. The van der Waals surface area contributed by atoms with E-state index in [4.69, 9.17) is 19.7 Å². The van der Waals surface area contributed by atoms with Crippen LogP contribution in [0.4, 0.5) is 5.82 Å². The molecule has 4 rings (SSSR count). The number of nitrogens with zero attached hydrogens (tertiary/aromatic N) is 2. The van der Waals surface area contributed by atoms with Crippen molar-refractivity contribution in [2.45, 2.75) is 19.8 Å². The second-order valence-corrected chi connectivity index (χ2v) is 6.83. The lowest BCUT2D eigenvalue weighted by Crippen LogP contribution is -2.08. The average Bonchev–Trinajstić information content (AvgIpc) is 3.36. The van der Waals surface area contributed by atoms with Crippen LogP contribution in [0.2, 0.25) is 0 Å². The topological polar surface area (TPSA) is 92.5 Å². The minimum absolute atomic E-state index is 0.213. The van der Waals surface area contributed by atoms with Crippen molar-refractivity contribution in [3.05, 3.63) is 60.3 Å². The molecule has 0 spiro atoms. The van der Waals surface area contributed by atoms with Crippen molar-refractivity contribution in [2.24, 2.45) is 0 Å². The van der Waals surface area contributed by atoms with E-state index in [2.05, 4.69) is 9.72 Å². The highest BCUT2D eigenvalue weighted by molar-refractivity contribution is 5.88. The third-order valence-electron chi connectivity index (χ3n) is 4.98. The van der Waals surface area contributed by atoms with Crippen LogP contribution >= 0.6 is 0 Å². The number of nitrogen functional groups attached to an aromatic ring is 1. The molecule has 7 nitrogen and oxygen atoms in total. The molecule has 4 aromatic rings. The molecule has 2 heterocycles. The number of hydrogen-bond acceptors (Lipinski definition) is 6. The van der Waals surface area contributed by atoms with Gasteiger partial charge in [-0.3, -0.25) is 4.79 Å². The van der Waals surface area contributed by atoms with Crippen LogP contribution in [0.5, 0.6) is 5.75 Å². The van der Waals surface area contributed by atoms with Crippen molar-refractivity contribution >= 4 is 22.8 Å². The Bertz CT molecular complexity index is 1180. The number of fused-ring (bicyclic) bond motifs is 1. The normalized spacial score (nSPS) is 11.0. The van der Waals surface area contributed by atoms with Crippen molar-refractivity contribution in [3.8, 4) is 22.7 Å². The smallest absolute Gasteiger partial charge is 0.306 e. The molecule has 0 amide bonds. The van der Waals surface area contributed by atoms with Gasteiger partial charge in [0.15, 0.2) is 11.4 Å². The van der Waals surface area contributed by atoms with Gasteiger partial charge < -0.3 is 24.3 Å². The van der Waals surface area contributed by atoms with Gasteiger partial charge in [0.2, 0.25) is 0 Å². The number of nitrogens with two attached hydrogens (primary N) is 1. The van der Waals surface area contributed by atoms with Gasteiger partial charge in [0, 0.05) is 17.4 Å². The first-order valence-electron chi connectivity index (χ1n) is 9.76. The molecule has 2 aromatic carbocycles.